The monoisotopic (exact) mass is 293 g/mol. The van der Waals surface area contributed by atoms with Crippen molar-refractivity contribution in [3.63, 3.8) is 0 Å². The molecule has 19 heavy (non-hydrogen) atoms. The van der Waals surface area contributed by atoms with Gasteiger partial charge in [-0.05, 0) is 29.8 Å². The average molecular weight is 294 g/mol. The Labute approximate surface area is 120 Å². The van der Waals surface area contributed by atoms with Gasteiger partial charge in [-0.3, -0.25) is 10.1 Å². The van der Waals surface area contributed by atoms with Gasteiger partial charge in [-0.25, -0.2) is 0 Å². The molecule has 0 spiro atoms. The Morgan fingerprint density at radius 3 is 2.32 bits per heavy atom. The van der Waals surface area contributed by atoms with Crippen molar-refractivity contribution >= 4 is 35.0 Å². The van der Waals surface area contributed by atoms with Crippen molar-refractivity contribution in [2.24, 2.45) is 0 Å². The fraction of sp³-hybridized carbons (Fsp3) is 0. The summed E-state index contributed by atoms with van der Waals surface area (Å²) < 4.78 is 0. The van der Waals surface area contributed by atoms with Crippen molar-refractivity contribution in [3.8, 4) is 0 Å². The van der Waals surface area contributed by atoms with Gasteiger partial charge in [0.1, 0.15) is 0 Å². The van der Waals surface area contributed by atoms with Crippen molar-refractivity contribution in [2.75, 3.05) is 0 Å². The first-order chi connectivity index (χ1) is 9.08. The van der Waals surface area contributed by atoms with Gasteiger partial charge in [0.25, 0.3) is 5.70 Å². The van der Waals surface area contributed by atoms with Gasteiger partial charge >= 0.3 is 0 Å². The summed E-state index contributed by atoms with van der Waals surface area (Å²) in [5.74, 6) is 0. The molecule has 0 aromatic heterocycles. The Balaban J connectivity index is 2.47. The van der Waals surface area contributed by atoms with Crippen LogP contribution in [-0.4, -0.2) is 4.92 Å². The van der Waals surface area contributed by atoms with Crippen LogP contribution in [0.15, 0.2) is 48.5 Å². The van der Waals surface area contributed by atoms with Gasteiger partial charge in [0.05, 0.1) is 20.5 Å². The lowest BCUT2D eigenvalue weighted by molar-refractivity contribution is -0.374. The zero-order valence-electron chi connectivity index (χ0n) is 9.72. The van der Waals surface area contributed by atoms with Crippen molar-refractivity contribution < 1.29 is 4.92 Å². The van der Waals surface area contributed by atoms with E-state index in [0.717, 1.165) is 0 Å². The van der Waals surface area contributed by atoms with Crippen molar-refractivity contribution in [1.82, 2.24) is 0 Å². The molecule has 0 bridgehead atoms. The number of hydrogen-bond acceptors (Lipinski definition) is 2. The fourth-order valence-corrected chi connectivity index (χ4v) is 1.92. The average Bonchev–Trinajstić information content (AvgIpc) is 2.40. The molecule has 96 valence electrons. The molecule has 0 aliphatic rings. The highest BCUT2D eigenvalue weighted by atomic mass is 35.5. The van der Waals surface area contributed by atoms with E-state index in [9.17, 15) is 10.1 Å². The molecule has 2 rings (SSSR count). The fourth-order valence-electron chi connectivity index (χ4n) is 1.61. The van der Waals surface area contributed by atoms with E-state index < -0.39 is 4.92 Å². The first kappa shape index (κ1) is 13.6. The van der Waals surface area contributed by atoms with Gasteiger partial charge in [-0.2, -0.15) is 0 Å². The number of hydrogen-bond donors (Lipinski definition) is 0. The number of halogens is 2. The van der Waals surface area contributed by atoms with Crippen molar-refractivity contribution in [3.05, 3.63) is 79.8 Å². The second-order valence-corrected chi connectivity index (χ2v) is 4.64. The zero-order valence-corrected chi connectivity index (χ0v) is 11.2. The Morgan fingerprint density at radius 1 is 1.05 bits per heavy atom. The van der Waals surface area contributed by atoms with Crippen LogP contribution in [0, 0.1) is 10.1 Å². The molecule has 3 nitrogen and oxygen atoms in total. The smallest absolute Gasteiger partial charge is 0.258 e. The summed E-state index contributed by atoms with van der Waals surface area (Å²) in [6.45, 7) is 0. The Hall–Kier alpha value is -1.84. The number of nitrogens with zero attached hydrogens (tertiary/aromatic N) is 1. The van der Waals surface area contributed by atoms with Crippen molar-refractivity contribution in [2.45, 2.75) is 0 Å². The second-order valence-electron chi connectivity index (χ2n) is 3.83. The van der Waals surface area contributed by atoms with Crippen LogP contribution in [0.3, 0.4) is 0 Å². The summed E-state index contributed by atoms with van der Waals surface area (Å²) in [5.41, 5.74) is 1.18. The minimum Gasteiger partial charge on any atom is -0.258 e. The standard InChI is InChI=1S/C14H9Cl2NO2/c15-12-7-6-10(8-13(12)16)9-14(17(18)19)11-4-2-1-3-5-11/h1-9H. The SMILES string of the molecule is O=[N+]([O-])C(=Cc1ccc(Cl)c(Cl)c1)c1ccccc1. The van der Waals surface area contributed by atoms with Crippen LogP contribution in [-0.2, 0) is 0 Å². The van der Waals surface area contributed by atoms with E-state index in [1.807, 2.05) is 0 Å². The van der Waals surface area contributed by atoms with Crippen LogP contribution in [0.4, 0.5) is 0 Å². The van der Waals surface area contributed by atoms with E-state index >= 15 is 0 Å². The second kappa shape index (κ2) is 5.87. The normalized spacial score (nSPS) is 11.4. The first-order valence-electron chi connectivity index (χ1n) is 5.44. The molecule has 0 saturated carbocycles. The van der Waals surface area contributed by atoms with E-state index in [2.05, 4.69) is 0 Å². The van der Waals surface area contributed by atoms with Gasteiger partial charge in [-0.15, -0.1) is 0 Å². The van der Waals surface area contributed by atoms with Crippen LogP contribution in [0.5, 0.6) is 0 Å². The van der Waals surface area contributed by atoms with E-state index in [4.69, 9.17) is 23.2 Å². The number of benzene rings is 2. The number of rotatable bonds is 3. The quantitative estimate of drug-likeness (QED) is 0.465. The molecule has 0 atom stereocenters. The highest BCUT2D eigenvalue weighted by molar-refractivity contribution is 6.42. The predicted octanol–water partition coefficient (Wildman–Crippen LogP) is 4.77. The van der Waals surface area contributed by atoms with Gasteiger partial charge in [0, 0.05) is 6.08 Å². The van der Waals surface area contributed by atoms with Crippen LogP contribution in [0.1, 0.15) is 11.1 Å². The van der Waals surface area contributed by atoms with Gasteiger partial charge in [0.15, 0.2) is 0 Å². The maximum atomic E-state index is 11.1. The van der Waals surface area contributed by atoms with Crippen LogP contribution < -0.4 is 0 Å². The third-order valence-electron chi connectivity index (χ3n) is 2.51. The molecule has 5 heteroatoms. The van der Waals surface area contributed by atoms with E-state index in [1.165, 1.54) is 6.08 Å². The van der Waals surface area contributed by atoms with E-state index in [1.54, 1.807) is 48.5 Å². The zero-order chi connectivity index (χ0) is 13.8. The lowest BCUT2D eigenvalue weighted by atomic mass is 10.1. The lowest BCUT2D eigenvalue weighted by Gasteiger charge is -2.00. The third kappa shape index (κ3) is 3.34. The molecular weight excluding hydrogens is 285 g/mol. The molecule has 2 aromatic carbocycles. The highest BCUT2D eigenvalue weighted by Gasteiger charge is 2.13. The topological polar surface area (TPSA) is 43.1 Å². The molecule has 0 saturated heterocycles. The molecule has 0 fully saturated rings. The molecule has 0 radical (unpaired) electrons. The minimum absolute atomic E-state index is 0.0130. The summed E-state index contributed by atoms with van der Waals surface area (Å²) in [6, 6.07) is 13.6. The van der Waals surface area contributed by atoms with Gasteiger partial charge < -0.3 is 0 Å². The van der Waals surface area contributed by atoms with Gasteiger partial charge in [0.2, 0.25) is 0 Å². The van der Waals surface area contributed by atoms with Crippen molar-refractivity contribution in [1.29, 1.82) is 0 Å². The predicted molar refractivity (Wildman–Crippen MR) is 77.8 cm³/mol. The Bertz CT molecular complexity index is 639. The van der Waals surface area contributed by atoms with Crippen LogP contribution >= 0.6 is 23.2 Å². The minimum atomic E-state index is -0.419. The number of nitro groups is 1. The third-order valence-corrected chi connectivity index (χ3v) is 3.25. The lowest BCUT2D eigenvalue weighted by Crippen LogP contribution is -1.97. The molecule has 0 amide bonds. The van der Waals surface area contributed by atoms with Crippen LogP contribution in [0.2, 0.25) is 10.0 Å². The molecule has 0 unspecified atom stereocenters. The van der Waals surface area contributed by atoms with Crippen LogP contribution in [0.25, 0.3) is 11.8 Å². The molecule has 2 aromatic rings. The molecule has 0 aliphatic heterocycles. The van der Waals surface area contributed by atoms with E-state index in [-0.39, 0.29) is 5.70 Å². The Morgan fingerprint density at radius 2 is 1.74 bits per heavy atom. The largest absolute Gasteiger partial charge is 0.277 e. The Kier molecular flexibility index (Phi) is 4.20. The summed E-state index contributed by atoms with van der Waals surface area (Å²) >= 11 is 11.7. The summed E-state index contributed by atoms with van der Waals surface area (Å²) in [4.78, 5) is 10.7. The summed E-state index contributed by atoms with van der Waals surface area (Å²) in [5, 5.41) is 11.9. The molecular formula is C14H9Cl2NO2. The van der Waals surface area contributed by atoms with Gasteiger partial charge in [-0.1, -0.05) is 47.5 Å². The molecule has 0 heterocycles. The highest BCUT2D eigenvalue weighted by Crippen LogP contribution is 2.25. The first-order valence-corrected chi connectivity index (χ1v) is 6.20. The molecule has 0 aliphatic carbocycles. The summed E-state index contributed by atoms with van der Waals surface area (Å²) in [6.07, 6.45) is 1.47. The molecule has 0 N–H and O–H groups in total. The maximum absolute atomic E-state index is 11.1. The maximum Gasteiger partial charge on any atom is 0.277 e. The summed E-state index contributed by atoms with van der Waals surface area (Å²) in [7, 11) is 0. The van der Waals surface area contributed by atoms with E-state index in [0.29, 0.717) is 21.2 Å².